The molecule has 22 heavy (non-hydrogen) atoms. The predicted octanol–water partition coefficient (Wildman–Crippen LogP) is 2.44. The molecule has 1 saturated heterocycles. The van der Waals surface area contributed by atoms with Gasteiger partial charge in [0, 0.05) is 30.6 Å². The van der Waals surface area contributed by atoms with Gasteiger partial charge in [-0.05, 0) is 12.5 Å². The minimum atomic E-state index is -0.305. The van der Waals surface area contributed by atoms with Crippen molar-refractivity contribution in [3.05, 3.63) is 47.0 Å². The smallest absolute Gasteiger partial charge is 0.231 e. The van der Waals surface area contributed by atoms with E-state index >= 15 is 0 Å². The Bertz CT molecular complexity index is 684. The zero-order valence-electron chi connectivity index (χ0n) is 12.3. The summed E-state index contributed by atoms with van der Waals surface area (Å²) in [6.07, 6.45) is 1.99. The Hall–Kier alpha value is -2.21. The SMILES string of the molecule is Cc1cnc(NC(=O)C2CC(=O)N(Cc3ccccc3)C2)s1. The fraction of sp³-hybridized carbons (Fsp3) is 0.312. The van der Waals surface area contributed by atoms with Crippen LogP contribution in [0.2, 0.25) is 0 Å². The number of aromatic nitrogens is 1. The summed E-state index contributed by atoms with van der Waals surface area (Å²) in [7, 11) is 0. The summed E-state index contributed by atoms with van der Waals surface area (Å²) in [6, 6.07) is 9.81. The van der Waals surface area contributed by atoms with Crippen LogP contribution in [0.5, 0.6) is 0 Å². The van der Waals surface area contributed by atoms with Crippen LogP contribution in [-0.4, -0.2) is 28.2 Å². The molecular formula is C16H17N3O2S. The molecule has 0 bridgehead atoms. The third-order valence-corrected chi connectivity index (χ3v) is 4.48. The standard InChI is InChI=1S/C16H17N3O2S/c1-11-8-17-16(22-11)18-15(21)13-7-14(20)19(10-13)9-12-5-3-2-4-6-12/h2-6,8,13H,7,9-10H2,1H3,(H,17,18,21). The number of hydrogen-bond acceptors (Lipinski definition) is 4. The molecule has 3 rings (SSSR count). The van der Waals surface area contributed by atoms with E-state index in [1.807, 2.05) is 37.3 Å². The van der Waals surface area contributed by atoms with Gasteiger partial charge in [-0.15, -0.1) is 11.3 Å². The van der Waals surface area contributed by atoms with Gasteiger partial charge in [0.25, 0.3) is 0 Å². The number of carbonyl (C=O) groups is 2. The minimum Gasteiger partial charge on any atom is -0.338 e. The summed E-state index contributed by atoms with van der Waals surface area (Å²) in [5.74, 6) is -0.405. The van der Waals surface area contributed by atoms with E-state index < -0.39 is 0 Å². The highest BCUT2D eigenvalue weighted by Crippen LogP contribution is 2.23. The maximum atomic E-state index is 12.2. The summed E-state index contributed by atoms with van der Waals surface area (Å²) in [6.45, 7) is 2.96. The molecule has 2 aromatic rings. The summed E-state index contributed by atoms with van der Waals surface area (Å²) in [5.41, 5.74) is 1.08. The normalized spacial score (nSPS) is 17.8. The van der Waals surface area contributed by atoms with Crippen LogP contribution in [0.3, 0.4) is 0 Å². The van der Waals surface area contributed by atoms with E-state index in [2.05, 4.69) is 10.3 Å². The van der Waals surface area contributed by atoms with E-state index in [9.17, 15) is 9.59 Å². The molecule has 0 radical (unpaired) electrons. The van der Waals surface area contributed by atoms with Crippen molar-refractivity contribution in [2.24, 2.45) is 5.92 Å². The first-order valence-corrected chi connectivity index (χ1v) is 7.98. The van der Waals surface area contributed by atoms with Crippen LogP contribution < -0.4 is 5.32 Å². The van der Waals surface area contributed by atoms with Gasteiger partial charge in [0.15, 0.2) is 5.13 Å². The maximum Gasteiger partial charge on any atom is 0.231 e. The highest BCUT2D eigenvalue weighted by molar-refractivity contribution is 7.15. The lowest BCUT2D eigenvalue weighted by atomic mass is 10.1. The lowest BCUT2D eigenvalue weighted by molar-refractivity contribution is -0.128. The molecule has 2 amide bonds. The van der Waals surface area contributed by atoms with Crippen LogP contribution in [0, 0.1) is 12.8 Å². The van der Waals surface area contributed by atoms with Crippen molar-refractivity contribution in [1.82, 2.24) is 9.88 Å². The van der Waals surface area contributed by atoms with E-state index in [4.69, 9.17) is 0 Å². The average Bonchev–Trinajstić information content (AvgIpc) is 3.07. The Morgan fingerprint density at radius 3 is 2.86 bits per heavy atom. The number of anilines is 1. The number of nitrogens with one attached hydrogen (secondary N) is 1. The second kappa shape index (κ2) is 6.27. The molecule has 2 heterocycles. The Kier molecular flexibility index (Phi) is 4.20. The van der Waals surface area contributed by atoms with Crippen LogP contribution in [-0.2, 0) is 16.1 Å². The second-order valence-electron chi connectivity index (χ2n) is 5.43. The highest BCUT2D eigenvalue weighted by atomic mass is 32.1. The van der Waals surface area contributed by atoms with Gasteiger partial charge in [-0.2, -0.15) is 0 Å². The van der Waals surface area contributed by atoms with Gasteiger partial charge in [0.2, 0.25) is 11.8 Å². The second-order valence-corrected chi connectivity index (χ2v) is 6.66. The van der Waals surface area contributed by atoms with Gasteiger partial charge in [-0.3, -0.25) is 9.59 Å². The van der Waals surface area contributed by atoms with Gasteiger partial charge in [0.05, 0.1) is 5.92 Å². The lowest BCUT2D eigenvalue weighted by Crippen LogP contribution is -2.28. The van der Waals surface area contributed by atoms with Crippen molar-refractivity contribution in [3.8, 4) is 0 Å². The summed E-state index contributed by atoms with van der Waals surface area (Å²) < 4.78 is 0. The fourth-order valence-electron chi connectivity index (χ4n) is 2.52. The number of carbonyl (C=O) groups excluding carboxylic acids is 2. The number of nitrogens with zero attached hydrogens (tertiary/aromatic N) is 2. The largest absolute Gasteiger partial charge is 0.338 e. The van der Waals surface area contributed by atoms with Gasteiger partial charge >= 0.3 is 0 Å². The van der Waals surface area contributed by atoms with Crippen LogP contribution in [0.25, 0.3) is 0 Å². The molecule has 0 spiro atoms. The number of benzene rings is 1. The minimum absolute atomic E-state index is 0.0272. The summed E-state index contributed by atoms with van der Waals surface area (Å²) in [4.78, 5) is 31.2. The van der Waals surface area contributed by atoms with Gasteiger partial charge in [-0.1, -0.05) is 30.3 Å². The molecule has 0 saturated carbocycles. The first-order chi connectivity index (χ1) is 10.6. The molecule has 0 aliphatic carbocycles. The van der Waals surface area contributed by atoms with E-state index in [-0.39, 0.29) is 24.2 Å². The van der Waals surface area contributed by atoms with E-state index in [0.29, 0.717) is 18.2 Å². The molecule has 1 fully saturated rings. The number of aryl methyl sites for hydroxylation is 1. The molecule has 1 aliphatic rings. The van der Waals surface area contributed by atoms with Crippen molar-refractivity contribution in [3.63, 3.8) is 0 Å². The van der Waals surface area contributed by atoms with Gasteiger partial charge < -0.3 is 10.2 Å². The molecule has 1 unspecified atom stereocenters. The molecule has 6 heteroatoms. The Morgan fingerprint density at radius 2 is 2.18 bits per heavy atom. The zero-order chi connectivity index (χ0) is 15.5. The number of hydrogen-bond donors (Lipinski definition) is 1. The Morgan fingerprint density at radius 1 is 1.41 bits per heavy atom. The van der Waals surface area contributed by atoms with Gasteiger partial charge in [-0.25, -0.2) is 4.98 Å². The first-order valence-electron chi connectivity index (χ1n) is 7.17. The Balaban J connectivity index is 1.60. The number of thiazole rings is 1. The molecule has 114 valence electrons. The number of rotatable bonds is 4. The topological polar surface area (TPSA) is 62.3 Å². The highest BCUT2D eigenvalue weighted by Gasteiger charge is 2.34. The quantitative estimate of drug-likeness (QED) is 0.942. The molecule has 1 aromatic heterocycles. The summed E-state index contributed by atoms with van der Waals surface area (Å²) >= 11 is 1.44. The predicted molar refractivity (Wildman–Crippen MR) is 85.4 cm³/mol. The average molecular weight is 315 g/mol. The summed E-state index contributed by atoms with van der Waals surface area (Å²) in [5, 5.41) is 3.39. The third kappa shape index (κ3) is 3.33. The molecule has 1 N–H and O–H groups in total. The van der Waals surface area contributed by atoms with E-state index in [1.54, 1.807) is 11.1 Å². The maximum absolute atomic E-state index is 12.2. The van der Waals surface area contributed by atoms with Crippen LogP contribution in [0.1, 0.15) is 16.9 Å². The van der Waals surface area contributed by atoms with E-state index in [0.717, 1.165) is 10.4 Å². The molecule has 1 aliphatic heterocycles. The van der Waals surface area contributed by atoms with Crippen LogP contribution >= 0.6 is 11.3 Å². The monoisotopic (exact) mass is 315 g/mol. The molecule has 1 atom stereocenters. The van der Waals surface area contributed by atoms with Crippen molar-refractivity contribution < 1.29 is 9.59 Å². The van der Waals surface area contributed by atoms with Crippen molar-refractivity contribution >= 4 is 28.3 Å². The molecular weight excluding hydrogens is 298 g/mol. The first kappa shape index (κ1) is 14.7. The van der Waals surface area contributed by atoms with Crippen molar-refractivity contribution in [2.75, 3.05) is 11.9 Å². The van der Waals surface area contributed by atoms with Crippen LogP contribution in [0.15, 0.2) is 36.5 Å². The van der Waals surface area contributed by atoms with E-state index in [1.165, 1.54) is 11.3 Å². The van der Waals surface area contributed by atoms with Crippen molar-refractivity contribution in [2.45, 2.75) is 19.9 Å². The van der Waals surface area contributed by atoms with Crippen molar-refractivity contribution in [1.29, 1.82) is 0 Å². The van der Waals surface area contributed by atoms with Crippen LogP contribution in [0.4, 0.5) is 5.13 Å². The Labute approximate surface area is 133 Å². The number of amides is 2. The molecule has 1 aromatic carbocycles. The fourth-order valence-corrected chi connectivity index (χ4v) is 3.19. The zero-order valence-corrected chi connectivity index (χ0v) is 13.1. The number of likely N-dealkylation sites (tertiary alicyclic amines) is 1. The molecule has 5 nitrogen and oxygen atoms in total. The van der Waals surface area contributed by atoms with Gasteiger partial charge in [0.1, 0.15) is 0 Å². The third-order valence-electron chi connectivity index (χ3n) is 3.65. The lowest BCUT2D eigenvalue weighted by Gasteiger charge is -2.16.